The number of aromatic nitrogens is 1. The Morgan fingerprint density at radius 1 is 0.688 bits per heavy atom. The number of phenolic OH excluding ortho intramolecular Hbond substituents is 4. The summed E-state index contributed by atoms with van der Waals surface area (Å²) in [6.45, 7) is 6.34. The van der Waals surface area contributed by atoms with E-state index in [0.29, 0.717) is 24.2 Å². The lowest BCUT2D eigenvalue weighted by atomic mass is 9.82. The second-order valence-corrected chi connectivity index (χ2v) is 13.4. The Bertz CT molecular complexity index is 2360. The SMILES string of the molecule is CCCc1c(O)c(O)c(N(c2ccc3c(c2)-c2ccccc2C3(C)C)c2ccc3c4c(n(-c5ccccc5)c3c2)=CCCC=4)c(O)c1O. The van der Waals surface area contributed by atoms with Crippen LogP contribution in [-0.2, 0) is 11.8 Å². The Morgan fingerprint density at radius 3 is 2.08 bits per heavy atom. The summed E-state index contributed by atoms with van der Waals surface area (Å²) in [5.74, 6) is -1.86. The summed E-state index contributed by atoms with van der Waals surface area (Å²) in [7, 11) is 0. The first-order valence-electron chi connectivity index (χ1n) is 16.7. The van der Waals surface area contributed by atoms with Gasteiger partial charge >= 0.3 is 0 Å². The van der Waals surface area contributed by atoms with E-state index in [2.05, 4.69) is 85.2 Å². The van der Waals surface area contributed by atoms with Crippen molar-refractivity contribution in [3.63, 3.8) is 0 Å². The number of rotatable bonds is 6. The van der Waals surface area contributed by atoms with Crippen molar-refractivity contribution in [2.75, 3.05) is 4.90 Å². The van der Waals surface area contributed by atoms with Crippen molar-refractivity contribution in [3.8, 4) is 39.8 Å². The van der Waals surface area contributed by atoms with Crippen LogP contribution in [-0.4, -0.2) is 25.0 Å². The second kappa shape index (κ2) is 11.0. The first-order valence-corrected chi connectivity index (χ1v) is 16.7. The predicted octanol–water partition coefficient (Wildman–Crippen LogP) is 8.54. The van der Waals surface area contributed by atoms with Crippen LogP contribution in [0.15, 0.2) is 91.0 Å². The van der Waals surface area contributed by atoms with Gasteiger partial charge in [0, 0.05) is 44.0 Å². The van der Waals surface area contributed by atoms with E-state index in [9.17, 15) is 20.4 Å². The van der Waals surface area contributed by atoms with Gasteiger partial charge in [0.05, 0.1) is 5.52 Å². The fourth-order valence-electron chi connectivity index (χ4n) is 7.87. The molecule has 1 heterocycles. The summed E-state index contributed by atoms with van der Waals surface area (Å²) >= 11 is 0. The number of anilines is 3. The molecule has 0 spiro atoms. The molecule has 0 unspecified atom stereocenters. The molecule has 0 saturated heterocycles. The van der Waals surface area contributed by atoms with Gasteiger partial charge in [0.1, 0.15) is 5.69 Å². The number of para-hydroxylation sites is 1. The van der Waals surface area contributed by atoms with E-state index in [4.69, 9.17) is 0 Å². The highest BCUT2D eigenvalue weighted by molar-refractivity contribution is 5.95. The maximum atomic E-state index is 11.6. The Kier molecular flexibility index (Phi) is 6.81. The van der Waals surface area contributed by atoms with Gasteiger partial charge < -0.3 is 29.9 Å². The molecule has 1 aromatic heterocycles. The third-order valence-corrected chi connectivity index (χ3v) is 10.2. The normalized spacial score (nSPS) is 14.1. The number of hydrogen-bond donors (Lipinski definition) is 4. The molecular weight excluding hydrogens is 596 g/mol. The number of fused-ring (bicyclic) bond motifs is 6. The molecule has 4 N–H and O–H groups in total. The predicted molar refractivity (Wildman–Crippen MR) is 194 cm³/mol. The van der Waals surface area contributed by atoms with Gasteiger partial charge in [0.2, 0.25) is 0 Å². The summed E-state index contributed by atoms with van der Waals surface area (Å²) in [4.78, 5) is 1.74. The summed E-state index contributed by atoms with van der Waals surface area (Å²) in [5.41, 5.74) is 7.71. The maximum absolute atomic E-state index is 11.6. The van der Waals surface area contributed by atoms with Crippen molar-refractivity contribution < 1.29 is 20.4 Å². The van der Waals surface area contributed by atoms with Gasteiger partial charge in [-0.15, -0.1) is 0 Å². The van der Waals surface area contributed by atoms with E-state index in [1.165, 1.54) is 16.3 Å². The van der Waals surface area contributed by atoms with Crippen LogP contribution in [0.1, 0.15) is 56.7 Å². The lowest BCUT2D eigenvalue weighted by molar-refractivity contribution is 0.367. The smallest absolute Gasteiger partial charge is 0.186 e. The molecule has 48 heavy (non-hydrogen) atoms. The van der Waals surface area contributed by atoms with Gasteiger partial charge in [-0.05, 0) is 77.9 Å². The van der Waals surface area contributed by atoms with Gasteiger partial charge in [-0.25, -0.2) is 0 Å². The van der Waals surface area contributed by atoms with Gasteiger partial charge in [-0.2, -0.15) is 0 Å². The maximum Gasteiger partial charge on any atom is 0.186 e. The molecule has 0 fully saturated rings. The summed E-state index contributed by atoms with van der Waals surface area (Å²) in [6.07, 6.45) is 7.38. The molecule has 0 amide bonds. The molecule has 0 aliphatic heterocycles. The number of hydrogen-bond acceptors (Lipinski definition) is 5. The highest BCUT2D eigenvalue weighted by Crippen LogP contribution is 2.57. The van der Waals surface area contributed by atoms with Crippen LogP contribution in [0, 0.1) is 0 Å². The molecule has 2 aliphatic carbocycles. The van der Waals surface area contributed by atoms with Crippen LogP contribution in [0.5, 0.6) is 23.0 Å². The minimum atomic E-state index is -0.491. The molecule has 0 radical (unpaired) electrons. The van der Waals surface area contributed by atoms with E-state index >= 15 is 0 Å². The third kappa shape index (κ3) is 4.25. The Hall–Kier alpha value is -5.62. The molecule has 0 atom stereocenters. The topological polar surface area (TPSA) is 89.1 Å². The minimum absolute atomic E-state index is 0.0876. The van der Waals surface area contributed by atoms with Gasteiger partial charge in [-0.1, -0.05) is 93.9 Å². The van der Waals surface area contributed by atoms with Crippen molar-refractivity contribution >= 4 is 40.1 Å². The number of phenols is 4. The Balaban J connectivity index is 1.44. The standard InChI is InChI=1S/C42H38N2O4/c1-4-12-31-38(45)40(47)37(41(48)39(31)46)43(26-20-22-34-32(23-26)28-15-8-10-17-33(28)42(34,2)3)27-19-21-30-29-16-9-11-18-35(29)44(36(30)24-27)25-13-6-5-7-14-25/h5-8,10,13-24,45-48H,4,9,11-12H2,1-3H3. The van der Waals surface area contributed by atoms with Crippen molar-refractivity contribution in [2.45, 2.75) is 51.9 Å². The van der Waals surface area contributed by atoms with Crippen molar-refractivity contribution in [3.05, 3.63) is 118 Å². The lowest BCUT2D eigenvalue weighted by Crippen LogP contribution is -2.30. The van der Waals surface area contributed by atoms with Gasteiger partial charge in [0.25, 0.3) is 0 Å². The number of nitrogens with zero attached hydrogens (tertiary/aromatic N) is 2. The first kappa shape index (κ1) is 29.8. The van der Waals surface area contributed by atoms with Crippen molar-refractivity contribution in [1.29, 1.82) is 0 Å². The third-order valence-electron chi connectivity index (χ3n) is 10.2. The molecule has 0 bridgehead atoms. The zero-order chi connectivity index (χ0) is 33.3. The van der Waals surface area contributed by atoms with Crippen LogP contribution in [0.4, 0.5) is 17.1 Å². The highest BCUT2D eigenvalue weighted by Gasteiger charge is 2.36. The molecule has 6 heteroatoms. The fraction of sp³-hybridized carbons (Fsp3) is 0.190. The average molecular weight is 635 g/mol. The van der Waals surface area contributed by atoms with Crippen molar-refractivity contribution in [2.24, 2.45) is 0 Å². The molecule has 6 aromatic rings. The fourth-order valence-corrected chi connectivity index (χ4v) is 7.87. The van der Waals surface area contributed by atoms with Gasteiger partial charge in [-0.3, -0.25) is 0 Å². The van der Waals surface area contributed by atoms with Crippen LogP contribution in [0.2, 0.25) is 0 Å². The largest absolute Gasteiger partial charge is 0.504 e. The lowest BCUT2D eigenvalue weighted by Gasteiger charge is -2.29. The van der Waals surface area contributed by atoms with Crippen LogP contribution in [0.25, 0.3) is 39.9 Å². The Morgan fingerprint density at radius 2 is 1.33 bits per heavy atom. The van der Waals surface area contributed by atoms with E-state index in [1.807, 2.05) is 43.3 Å². The zero-order valence-corrected chi connectivity index (χ0v) is 27.3. The van der Waals surface area contributed by atoms with E-state index in [-0.39, 0.29) is 16.7 Å². The van der Waals surface area contributed by atoms with E-state index in [1.54, 1.807) is 4.90 Å². The quantitative estimate of drug-likeness (QED) is 0.109. The van der Waals surface area contributed by atoms with Crippen LogP contribution >= 0.6 is 0 Å². The molecule has 240 valence electrons. The Labute approximate surface area is 279 Å². The molecule has 6 nitrogen and oxygen atoms in total. The monoisotopic (exact) mass is 634 g/mol. The molecular formula is C42H38N2O4. The minimum Gasteiger partial charge on any atom is -0.504 e. The molecule has 5 aromatic carbocycles. The van der Waals surface area contributed by atoms with Crippen LogP contribution < -0.4 is 15.5 Å². The summed E-state index contributed by atoms with van der Waals surface area (Å²) in [5, 5.41) is 49.1. The second-order valence-electron chi connectivity index (χ2n) is 13.4. The number of benzene rings is 5. The molecule has 8 rings (SSSR count). The van der Waals surface area contributed by atoms with E-state index < -0.39 is 23.0 Å². The number of aromatic hydroxyl groups is 4. The molecule has 0 saturated carbocycles. The highest BCUT2D eigenvalue weighted by atomic mass is 16.3. The van der Waals surface area contributed by atoms with Crippen molar-refractivity contribution in [1.82, 2.24) is 4.57 Å². The molecule has 2 aliphatic rings. The summed E-state index contributed by atoms with van der Waals surface area (Å²) < 4.78 is 2.25. The average Bonchev–Trinajstić information content (AvgIpc) is 3.56. The van der Waals surface area contributed by atoms with E-state index in [0.717, 1.165) is 45.9 Å². The van der Waals surface area contributed by atoms with Crippen LogP contribution in [0.3, 0.4) is 0 Å². The summed E-state index contributed by atoms with van der Waals surface area (Å²) in [6, 6.07) is 30.9. The zero-order valence-electron chi connectivity index (χ0n) is 27.3. The first-order chi connectivity index (χ1) is 23.2. The van der Waals surface area contributed by atoms with Gasteiger partial charge in [0.15, 0.2) is 23.0 Å².